The van der Waals surface area contributed by atoms with Crippen molar-refractivity contribution in [1.82, 2.24) is 10.3 Å². The molecule has 2 N–H and O–H groups in total. The van der Waals surface area contributed by atoms with Gasteiger partial charge in [0.25, 0.3) is 5.91 Å². The van der Waals surface area contributed by atoms with Crippen molar-refractivity contribution in [1.29, 1.82) is 0 Å². The fourth-order valence-corrected chi connectivity index (χ4v) is 8.56. The lowest BCUT2D eigenvalue weighted by molar-refractivity contribution is -0.136. The van der Waals surface area contributed by atoms with Crippen LogP contribution in [0.1, 0.15) is 66.5 Å². The number of nitrogens with one attached hydrogen (secondary N) is 1. The monoisotopic (exact) mass is 537 g/mol. The molecule has 6 nitrogen and oxygen atoms in total. The highest BCUT2D eigenvalue weighted by molar-refractivity contribution is 5.95. The van der Waals surface area contributed by atoms with Gasteiger partial charge in [0.15, 0.2) is 0 Å². The van der Waals surface area contributed by atoms with Crippen molar-refractivity contribution in [2.45, 2.75) is 60.4 Å². The molecule has 0 bridgehead atoms. The Hall–Kier alpha value is -3.67. The molecule has 6 rings (SSSR count). The summed E-state index contributed by atoms with van der Waals surface area (Å²) in [6, 6.07) is 17.5. The van der Waals surface area contributed by atoms with Gasteiger partial charge in [-0.3, -0.25) is 14.6 Å². The first kappa shape index (κ1) is 26.5. The largest absolute Gasteiger partial charge is 0.481 e. The zero-order valence-electron chi connectivity index (χ0n) is 24.2. The van der Waals surface area contributed by atoms with Gasteiger partial charge in [0, 0.05) is 47.7 Å². The van der Waals surface area contributed by atoms with Gasteiger partial charge in [-0.25, -0.2) is 0 Å². The van der Waals surface area contributed by atoms with Crippen molar-refractivity contribution in [2.75, 3.05) is 18.0 Å². The van der Waals surface area contributed by atoms with Crippen LogP contribution in [0.4, 0.5) is 5.69 Å². The molecule has 3 aromatic rings. The molecule has 3 atom stereocenters. The summed E-state index contributed by atoms with van der Waals surface area (Å²) in [5.74, 6) is -0.371. The molecule has 1 aliphatic heterocycles. The first-order valence-corrected chi connectivity index (χ1v) is 14.4. The van der Waals surface area contributed by atoms with Crippen molar-refractivity contribution in [3.63, 3.8) is 0 Å². The second-order valence-electron chi connectivity index (χ2n) is 13.0. The molecule has 1 aromatic heterocycles. The van der Waals surface area contributed by atoms with E-state index in [0.29, 0.717) is 28.9 Å². The van der Waals surface area contributed by atoms with Crippen LogP contribution in [-0.4, -0.2) is 35.1 Å². The number of carbonyl (C=O) groups excluding carboxylic acids is 1. The van der Waals surface area contributed by atoms with E-state index in [0.717, 1.165) is 52.4 Å². The van der Waals surface area contributed by atoms with Gasteiger partial charge in [-0.15, -0.1) is 0 Å². The zero-order chi connectivity index (χ0) is 28.4. The minimum atomic E-state index is -0.848. The van der Waals surface area contributed by atoms with Crippen LogP contribution in [0.15, 0.2) is 54.6 Å². The summed E-state index contributed by atoms with van der Waals surface area (Å²) >= 11 is 0. The van der Waals surface area contributed by atoms with Crippen LogP contribution in [0.3, 0.4) is 0 Å². The first-order chi connectivity index (χ1) is 19.0. The molecule has 0 radical (unpaired) electrons. The predicted molar refractivity (Wildman–Crippen MR) is 157 cm³/mol. The van der Waals surface area contributed by atoms with E-state index >= 15 is 0 Å². The maximum absolute atomic E-state index is 12.9. The normalized spacial score (nSPS) is 25.8. The molecule has 40 heavy (non-hydrogen) atoms. The van der Waals surface area contributed by atoms with Crippen molar-refractivity contribution >= 4 is 17.6 Å². The Bertz CT molecular complexity index is 1500. The summed E-state index contributed by atoms with van der Waals surface area (Å²) in [5.41, 5.74) is 7.98. The number of pyridine rings is 1. The number of carbonyl (C=O) groups is 2. The van der Waals surface area contributed by atoms with Gasteiger partial charge in [0.1, 0.15) is 0 Å². The number of carboxylic acid groups (broad SMARTS) is 1. The molecular formula is C34H39N3O3. The second-order valence-corrected chi connectivity index (χ2v) is 13.0. The molecule has 1 saturated heterocycles. The smallest absolute Gasteiger partial charge is 0.307 e. The number of carboxylic acids is 1. The highest BCUT2D eigenvalue weighted by atomic mass is 16.4. The molecule has 2 aliphatic carbocycles. The van der Waals surface area contributed by atoms with E-state index < -0.39 is 5.97 Å². The van der Waals surface area contributed by atoms with E-state index in [1.165, 1.54) is 12.8 Å². The van der Waals surface area contributed by atoms with E-state index in [2.05, 4.69) is 31.0 Å². The van der Waals surface area contributed by atoms with Crippen LogP contribution in [0.2, 0.25) is 0 Å². The second kappa shape index (κ2) is 9.18. The Labute approximate surface area is 236 Å². The third-order valence-corrected chi connectivity index (χ3v) is 10.7. The number of piperidine rings is 1. The molecule has 2 aromatic carbocycles. The molecule has 1 amide bonds. The molecule has 1 spiro atoms. The number of nitrogens with zero attached hydrogens (tertiary/aromatic N) is 2. The van der Waals surface area contributed by atoms with Gasteiger partial charge in [0.2, 0.25) is 0 Å². The quantitative estimate of drug-likeness (QED) is 0.376. The van der Waals surface area contributed by atoms with E-state index in [1.807, 2.05) is 68.4 Å². The molecule has 6 heteroatoms. The Morgan fingerprint density at radius 2 is 1.70 bits per heavy atom. The zero-order valence-corrected chi connectivity index (χ0v) is 24.2. The lowest BCUT2D eigenvalue weighted by atomic mass is 9.53. The fraction of sp³-hybridized carbons (Fsp3) is 0.441. The van der Waals surface area contributed by atoms with Crippen molar-refractivity contribution < 1.29 is 14.7 Å². The number of amides is 1. The third kappa shape index (κ3) is 3.87. The number of rotatable bonds is 7. The van der Waals surface area contributed by atoms with Crippen LogP contribution in [-0.2, 0) is 17.8 Å². The van der Waals surface area contributed by atoms with Crippen LogP contribution in [0.5, 0.6) is 0 Å². The SMILES string of the molecule is Cc1nc(C)c(-c2ccc(C(=O)NCc3ccccc3)cc2)c(N2CC3C(C)(C)C34CCC4(C)C2)c1CC(=O)O. The number of aromatic nitrogens is 1. The maximum atomic E-state index is 12.9. The first-order valence-electron chi connectivity index (χ1n) is 14.4. The van der Waals surface area contributed by atoms with Crippen LogP contribution < -0.4 is 10.2 Å². The minimum Gasteiger partial charge on any atom is -0.481 e. The van der Waals surface area contributed by atoms with Crippen LogP contribution in [0.25, 0.3) is 11.1 Å². The molecule has 3 fully saturated rings. The Morgan fingerprint density at radius 3 is 2.30 bits per heavy atom. The summed E-state index contributed by atoms with van der Waals surface area (Å²) in [7, 11) is 0. The van der Waals surface area contributed by atoms with Gasteiger partial charge in [0.05, 0.1) is 12.1 Å². The lowest BCUT2D eigenvalue weighted by Gasteiger charge is -2.56. The van der Waals surface area contributed by atoms with Gasteiger partial charge in [-0.1, -0.05) is 63.2 Å². The molecule has 3 unspecified atom stereocenters. The van der Waals surface area contributed by atoms with Gasteiger partial charge in [-0.2, -0.15) is 0 Å². The van der Waals surface area contributed by atoms with E-state index in [4.69, 9.17) is 4.98 Å². The average Bonchev–Trinajstić information content (AvgIpc) is 3.44. The number of hydrogen-bond donors (Lipinski definition) is 2. The standard InChI is InChI=1S/C34H39N3O3/c1-21-26(17-28(38)39)30(37-19-27-32(3,4)34(27)16-15-33(34,5)20-37)29(22(2)36-21)24-11-13-25(14-12-24)31(40)35-18-23-9-7-6-8-10-23/h6-14,27H,15-20H2,1-5H3,(H,35,40)(H,38,39). The molecule has 3 aliphatic rings. The van der Waals surface area contributed by atoms with E-state index in [9.17, 15) is 14.7 Å². The molecule has 2 saturated carbocycles. The number of anilines is 1. The molecule has 208 valence electrons. The topological polar surface area (TPSA) is 82.5 Å². The van der Waals surface area contributed by atoms with Crippen molar-refractivity contribution in [2.24, 2.45) is 22.2 Å². The van der Waals surface area contributed by atoms with Gasteiger partial charge < -0.3 is 15.3 Å². The fourth-order valence-electron chi connectivity index (χ4n) is 8.56. The number of aliphatic carboxylic acids is 1. The average molecular weight is 538 g/mol. The van der Waals surface area contributed by atoms with Gasteiger partial charge >= 0.3 is 5.97 Å². The van der Waals surface area contributed by atoms with Crippen LogP contribution >= 0.6 is 0 Å². The summed E-state index contributed by atoms with van der Waals surface area (Å²) in [6.07, 6.45) is 2.45. The van der Waals surface area contributed by atoms with Crippen LogP contribution in [0, 0.1) is 36.0 Å². The summed E-state index contributed by atoms with van der Waals surface area (Å²) in [5, 5.41) is 12.9. The van der Waals surface area contributed by atoms with Crippen molar-refractivity contribution in [3.8, 4) is 11.1 Å². The molecule has 2 heterocycles. The maximum Gasteiger partial charge on any atom is 0.307 e. The minimum absolute atomic E-state index is 0.0617. The Balaban J connectivity index is 1.36. The van der Waals surface area contributed by atoms with Crippen molar-refractivity contribution in [3.05, 3.63) is 82.7 Å². The number of aryl methyl sites for hydroxylation is 2. The number of benzene rings is 2. The summed E-state index contributed by atoms with van der Waals surface area (Å²) < 4.78 is 0. The van der Waals surface area contributed by atoms with E-state index in [1.54, 1.807) is 0 Å². The number of hydrogen-bond acceptors (Lipinski definition) is 4. The van der Waals surface area contributed by atoms with E-state index in [-0.39, 0.29) is 17.7 Å². The summed E-state index contributed by atoms with van der Waals surface area (Å²) in [6.45, 7) is 13.5. The Morgan fingerprint density at radius 1 is 1.00 bits per heavy atom. The third-order valence-electron chi connectivity index (χ3n) is 10.7. The highest BCUT2D eigenvalue weighted by Gasteiger charge is 2.82. The highest BCUT2D eigenvalue weighted by Crippen LogP contribution is 2.86. The Kier molecular flexibility index (Phi) is 6.10. The van der Waals surface area contributed by atoms with Gasteiger partial charge in [-0.05, 0) is 72.1 Å². The molecular weight excluding hydrogens is 498 g/mol. The summed E-state index contributed by atoms with van der Waals surface area (Å²) in [4.78, 5) is 32.2. The predicted octanol–water partition coefficient (Wildman–Crippen LogP) is 6.19. The lowest BCUT2D eigenvalue weighted by Crippen LogP contribution is -2.55.